The van der Waals surface area contributed by atoms with Crippen LogP contribution in [0.15, 0.2) is 67.0 Å². The number of aryl methyl sites for hydroxylation is 1. The number of carbonyl (C=O) groups excluding carboxylic acids is 1. The molecule has 8 nitrogen and oxygen atoms in total. The van der Waals surface area contributed by atoms with Crippen molar-refractivity contribution in [2.75, 3.05) is 12.4 Å². The van der Waals surface area contributed by atoms with Crippen molar-refractivity contribution in [3.05, 3.63) is 94.5 Å². The molecule has 0 bridgehead atoms. The highest BCUT2D eigenvalue weighted by molar-refractivity contribution is 6.37. The number of amides is 1. The summed E-state index contributed by atoms with van der Waals surface area (Å²) in [6, 6.07) is 15.1. The fourth-order valence-corrected chi connectivity index (χ4v) is 4.18. The van der Waals surface area contributed by atoms with E-state index >= 15 is 0 Å². The predicted octanol–water partition coefficient (Wildman–Crippen LogP) is 5.88. The summed E-state index contributed by atoms with van der Waals surface area (Å²) in [6.07, 6.45) is -1.76. The molecule has 0 aliphatic heterocycles. The number of benzene rings is 2. The molecule has 0 aliphatic rings. The van der Waals surface area contributed by atoms with Gasteiger partial charge in [-0.1, -0.05) is 48.0 Å². The van der Waals surface area contributed by atoms with Crippen molar-refractivity contribution in [1.29, 1.82) is 0 Å². The molecule has 1 N–H and O–H groups in total. The molecule has 0 saturated heterocycles. The van der Waals surface area contributed by atoms with Crippen molar-refractivity contribution < 1.29 is 22.7 Å². The fraction of sp³-hybridized carbons (Fsp3) is 0.154. The van der Waals surface area contributed by atoms with Crippen LogP contribution in [0.5, 0.6) is 5.75 Å². The fourth-order valence-electron chi connectivity index (χ4n) is 3.94. The Balaban J connectivity index is 1.48. The lowest BCUT2D eigenvalue weighted by atomic mass is 10.1. The van der Waals surface area contributed by atoms with E-state index in [1.54, 1.807) is 35.1 Å². The highest BCUT2D eigenvalue weighted by Crippen LogP contribution is 2.35. The van der Waals surface area contributed by atoms with Gasteiger partial charge in [0.25, 0.3) is 5.91 Å². The Bertz CT molecular complexity index is 1660. The van der Waals surface area contributed by atoms with Crippen LogP contribution in [0.4, 0.5) is 18.9 Å². The lowest BCUT2D eigenvalue weighted by Gasteiger charge is -2.11. The smallest absolute Gasteiger partial charge is 0.433 e. The third kappa shape index (κ3) is 4.92. The topological polar surface area (TPSA) is 86.3 Å². The van der Waals surface area contributed by atoms with Gasteiger partial charge in [0, 0.05) is 11.8 Å². The summed E-state index contributed by atoms with van der Waals surface area (Å²) in [5.41, 5.74) is 1.00. The van der Waals surface area contributed by atoms with Crippen LogP contribution in [0, 0.1) is 6.92 Å². The molecule has 38 heavy (non-hydrogen) atoms. The van der Waals surface area contributed by atoms with E-state index in [-0.39, 0.29) is 16.4 Å². The van der Waals surface area contributed by atoms with Gasteiger partial charge in [0.15, 0.2) is 17.0 Å². The second kappa shape index (κ2) is 9.82. The van der Waals surface area contributed by atoms with Crippen LogP contribution in [-0.4, -0.2) is 37.4 Å². The second-order valence-electron chi connectivity index (χ2n) is 8.46. The average molecular weight is 541 g/mol. The number of ether oxygens (including phenoxy) is 1. The summed E-state index contributed by atoms with van der Waals surface area (Å²) in [5.74, 6) is -0.354. The maximum absolute atomic E-state index is 14.0. The minimum atomic E-state index is -4.80. The number of alkyl halides is 3. The van der Waals surface area contributed by atoms with E-state index in [9.17, 15) is 18.0 Å². The first-order valence-electron chi connectivity index (χ1n) is 11.3. The van der Waals surface area contributed by atoms with Gasteiger partial charge < -0.3 is 10.1 Å². The number of aromatic nitrogens is 5. The molecule has 1 amide bonds. The average Bonchev–Trinajstić information content (AvgIpc) is 3.48. The molecule has 5 aromatic rings. The number of rotatable bonds is 6. The number of hydrogen-bond donors (Lipinski definition) is 1. The van der Waals surface area contributed by atoms with E-state index in [1.165, 1.54) is 13.3 Å². The van der Waals surface area contributed by atoms with Crippen molar-refractivity contribution in [3.8, 4) is 17.0 Å². The first-order valence-corrected chi connectivity index (χ1v) is 11.7. The Morgan fingerprint density at radius 1 is 1.13 bits per heavy atom. The molecule has 194 valence electrons. The number of methoxy groups -OCH3 is 1. The Morgan fingerprint density at radius 3 is 2.66 bits per heavy atom. The standard InChI is InChI=1S/C26H20ClF3N6O2/c1-15-6-3-4-7-17(15)13-35-14-18(12-31-35)32-25(37)23-22(27)24-33-20(16-8-5-9-19(10-16)38-2)11-21(26(28,29)30)36(24)34-23/h3-12,14H,13H2,1-2H3,(H,32,37). The maximum atomic E-state index is 14.0. The summed E-state index contributed by atoms with van der Waals surface area (Å²) in [4.78, 5) is 17.3. The quantitative estimate of drug-likeness (QED) is 0.290. The molecule has 0 spiro atoms. The minimum absolute atomic E-state index is 0.00466. The molecule has 5 rings (SSSR count). The van der Waals surface area contributed by atoms with E-state index < -0.39 is 23.5 Å². The Labute approximate surface area is 219 Å². The highest BCUT2D eigenvalue weighted by Gasteiger charge is 2.36. The highest BCUT2D eigenvalue weighted by atomic mass is 35.5. The second-order valence-corrected chi connectivity index (χ2v) is 8.84. The molecular formula is C26H20ClF3N6O2. The van der Waals surface area contributed by atoms with E-state index in [1.807, 2.05) is 31.2 Å². The summed E-state index contributed by atoms with van der Waals surface area (Å²) in [7, 11) is 1.45. The van der Waals surface area contributed by atoms with Gasteiger partial charge in [-0.3, -0.25) is 9.48 Å². The van der Waals surface area contributed by atoms with Crippen molar-refractivity contribution in [3.63, 3.8) is 0 Å². The summed E-state index contributed by atoms with van der Waals surface area (Å²) >= 11 is 6.37. The van der Waals surface area contributed by atoms with Crippen molar-refractivity contribution in [2.45, 2.75) is 19.6 Å². The summed E-state index contributed by atoms with van der Waals surface area (Å²) < 4.78 is 49.3. The minimum Gasteiger partial charge on any atom is -0.497 e. The Kier molecular flexibility index (Phi) is 6.53. The van der Waals surface area contributed by atoms with Crippen LogP contribution in [0.2, 0.25) is 5.02 Å². The number of fused-ring (bicyclic) bond motifs is 1. The predicted molar refractivity (Wildman–Crippen MR) is 135 cm³/mol. The first kappa shape index (κ1) is 25.3. The number of carbonyl (C=O) groups is 1. The molecule has 0 saturated carbocycles. The lowest BCUT2D eigenvalue weighted by Crippen LogP contribution is -2.15. The maximum Gasteiger partial charge on any atom is 0.433 e. The first-order chi connectivity index (χ1) is 18.1. The van der Waals surface area contributed by atoms with Gasteiger partial charge in [-0.25, -0.2) is 9.50 Å². The number of anilines is 1. The van der Waals surface area contributed by atoms with Gasteiger partial charge in [-0.2, -0.15) is 23.4 Å². The van der Waals surface area contributed by atoms with Gasteiger partial charge in [0.2, 0.25) is 0 Å². The van der Waals surface area contributed by atoms with Gasteiger partial charge in [0.05, 0.1) is 31.2 Å². The zero-order valence-electron chi connectivity index (χ0n) is 20.1. The SMILES string of the molecule is COc1cccc(-c2cc(C(F)(F)F)n3nc(C(=O)Nc4cnn(Cc5ccccc5C)c4)c(Cl)c3n2)c1. The van der Waals surface area contributed by atoms with E-state index in [4.69, 9.17) is 16.3 Å². The van der Waals surface area contributed by atoms with E-state index in [0.29, 0.717) is 28.1 Å². The van der Waals surface area contributed by atoms with E-state index in [0.717, 1.165) is 17.2 Å². The molecule has 2 aromatic carbocycles. The molecule has 0 atom stereocenters. The zero-order chi connectivity index (χ0) is 27.0. The number of nitrogens with one attached hydrogen (secondary N) is 1. The van der Waals surface area contributed by atoms with Gasteiger partial charge in [0.1, 0.15) is 10.8 Å². The molecular weight excluding hydrogens is 521 g/mol. The van der Waals surface area contributed by atoms with Crippen LogP contribution in [0.3, 0.4) is 0 Å². The molecule has 0 radical (unpaired) electrons. The van der Waals surface area contributed by atoms with Gasteiger partial charge in [-0.15, -0.1) is 0 Å². The van der Waals surface area contributed by atoms with Crippen molar-refractivity contribution >= 4 is 28.8 Å². The van der Waals surface area contributed by atoms with Crippen LogP contribution >= 0.6 is 11.6 Å². The Morgan fingerprint density at radius 2 is 1.92 bits per heavy atom. The zero-order valence-corrected chi connectivity index (χ0v) is 20.9. The Hall–Kier alpha value is -4.38. The van der Waals surface area contributed by atoms with Crippen molar-refractivity contribution in [1.82, 2.24) is 24.4 Å². The van der Waals surface area contributed by atoms with Crippen LogP contribution in [0.25, 0.3) is 16.9 Å². The van der Waals surface area contributed by atoms with E-state index in [2.05, 4.69) is 20.5 Å². The van der Waals surface area contributed by atoms with Crippen LogP contribution in [0.1, 0.15) is 27.3 Å². The largest absolute Gasteiger partial charge is 0.497 e. The third-order valence-corrected chi connectivity index (χ3v) is 6.24. The molecule has 12 heteroatoms. The molecule has 3 aromatic heterocycles. The van der Waals surface area contributed by atoms with Crippen LogP contribution in [-0.2, 0) is 12.7 Å². The van der Waals surface area contributed by atoms with Crippen molar-refractivity contribution in [2.24, 2.45) is 0 Å². The monoisotopic (exact) mass is 540 g/mol. The summed E-state index contributed by atoms with van der Waals surface area (Å²) in [6.45, 7) is 2.46. The molecule has 3 heterocycles. The van der Waals surface area contributed by atoms with Gasteiger partial charge in [-0.05, 0) is 36.2 Å². The number of hydrogen-bond acceptors (Lipinski definition) is 5. The number of nitrogens with zero attached hydrogens (tertiary/aromatic N) is 5. The summed E-state index contributed by atoms with van der Waals surface area (Å²) in [5, 5.41) is 10.4. The lowest BCUT2D eigenvalue weighted by molar-refractivity contribution is -0.142. The normalized spacial score (nSPS) is 11.6. The third-order valence-electron chi connectivity index (χ3n) is 5.89. The molecule has 0 fully saturated rings. The molecule has 0 unspecified atom stereocenters. The number of halogens is 4. The molecule has 0 aliphatic carbocycles. The van der Waals surface area contributed by atoms with Crippen LogP contribution < -0.4 is 10.1 Å². The van der Waals surface area contributed by atoms with Gasteiger partial charge >= 0.3 is 6.18 Å².